The first-order valence-corrected chi connectivity index (χ1v) is 6.94. The van der Waals surface area contributed by atoms with Crippen LogP contribution in [0.3, 0.4) is 0 Å². The highest BCUT2D eigenvalue weighted by Crippen LogP contribution is 2.30. The Kier molecular flexibility index (Phi) is 3.47. The minimum absolute atomic E-state index is 0.0868. The third-order valence-electron chi connectivity index (χ3n) is 3.64. The summed E-state index contributed by atoms with van der Waals surface area (Å²) in [5.41, 5.74) is 4.62. The molecule has 0 bridgehead atoms. The second kappa shape index (κ2) is 5.44. The third kappa shape index (κ3) is 2.37. The van der Waals surface area contributed by atoms with Crippen molar-refractivity contribution in [3.63, 3.8) is 0 Å². The Morgan fingerprint density at radius 1 is 1.05 bits per heavy atom. The summed E-state index contributed by atoms with van der Waals surface area (Å²) >= 11 is 0. The molecule has 1 heterocycles. The van der Waals surface area contributed by atoms with Gasteiger partial charge in [-0.25, -0.2) is 4.68 Å². The Balaban J connectivity index is 2.15. The van der Waals surface area contributed by atoms with Gasteiger partial charge in [0.05, 0.1) is 16.3 Å². The molecule has 5 nitrogen and oxygen atoms in total. The van der Waals surface area contributed by atoms with Crippen molar-refractivity contribution in [3.05, 3.63) is 76.1 Å². The van der Waals surface area contributed by atoms with Crippen molar-refractivity contribution in [2.75, 3.05) is 0 Å². The number of nitrogens with zero attached hydrogens (tertiary/aromatic N) is 3. The quantitative estimate of drug-likeness (QED) is 0.540. The zero-order chi connectivity index (χ0) is 15.7. The minimum atomic E-state index is -0.379. The van der Waals surface area contributed by atoms with Gasteiger partial charge in [-0.3, -0.25) is 10.1 Å². The first-order chi connectivity index (χ1) is 10.6. The first kappa shape index (κ1) is 14.0. The van der Waals surface area contributed by atoms with Crippen LogP contribution in [0.2, 0.25) is 0 Å². The van der Waals surface area contributed by atoms with Crippen LogP contribution in [-0.4, -0.2) is 14.7 Å². The molecule has 0 aliphatic heterocycles. The van der Waals surface area contributed by atoms with Crippen LogP contribution >= 0.6 is 0 Å². The number of hydrogen-bond acceptors (Lipinski definition) is 3. The number of rotatable bonds is 3. The Labute approximate surface area is 128 Å². The van der Waals surface area contributed by atoms with Gasteiger partial charge in [-0.05, 0) is 31.5 Å². The number of para-hydroxylation sites is 1. The van der Waals surface area contributed by atoms with Crippen molar-refractivity contribution in [1.82, 2.24) is 9.78 Å². The number of nitro benzene ring substituents is 1. The van der Waals surface area contributed by atoms with Gasteiger partial charge in [-0.15, -0.1) is 0 Å². The van der Waals surface area contributed by atoms with E-state index in [1.807, 2.05) is 54.9 Å². The molecule has 0 fully saturated rings. The molecule has 0 saturated heterocycles. The summed E-state index contributed by atoms with van der Waals surface area (Å²) in [6, 6.07) is 16.5. The lowest BCUT2D eigenvalue weighted by atomic mass is 10.0. The van der Waals surface area contributed by atoms with Crippen molar-refractivity contribution >= 4 is 5.69 Å². The van der Waals surface area contributed by atoms with Gasteiger partial charge in [0.15, 0.2) is 0 Å². The smallest absolute Gasteiger partial charge is 0.258 e. The van der Waals surface area contributed by atoms with Crippen LogP contribution in [0.1, 0.15) is 11.4 Å². The number of nitro groups is 1. The maximum absolute atomic E-state index is 11.0. The summed E-state index contributed by atoms with van der Waals surface area (Å²) in [5.74, 6) is 0. The molecule has 0 saturated carbocycles. The predicted molar refractivity (Wildman–Crippen MR) is 85.1 cm³/mol. The Hall–Kier alpha value is -2.95. The molecule has 2 aromatic carbocycles. The molecule has 0 N–H and O–H groups in total. The average molecular weight is 293 g/mol. The van der Waals surface area contributed by atoms with Crippen molar-refractivity contribution < 1.29 is 4.92 Å². The van der Waals surface area contributed by atoms with Crippen LogP contribution in [0.4, 0.5) is 5.69 Å². The highest BCUT2D eigenvalue weighted by molar-refractivity contribution is 5.71. The molecule has 0 unspecified atom stereocenters. The lowest BCUT2D eigenvalue weighted by Crippen LogP contribution is -1.98. The van der Waals surface area contributed by atoms with E-state index < -0.39 is 0 Å². The monoisotopic (exact) mass is 293 g/mol. The maximum atomic E-state index is 11.0. The van der Waals surface area contributed by atoms with E-state index in [-0.39, 0.29) is 10.6 Å². The SMILES string of the molecule is Cc1nn(-c2ccccc2)c(C)c1-c1cccc([N+](=O)[O-])c1. The highest BCUT2D eigenvalue weighted by Gasteiger charge is 2.16. The molecule has 3 rings (SSSR count). The molecule has 0 aliphatic carbocycles. The number of non-ortho nitro benzene ring substituents is 1. The molecule has 0 amide bonds. The second-order valence-corrected chi connectivity index (χ2v) is 5.10. The maximum Gasteiger partial charge on any atom is 0.270 e. The molecule has 0 spiro atoms. The molecule has 1 aromatic heterocycles. The van der Waals surface area contributed by atoms with E-state index in [0.717, 1.165) is 28.2 Å². The van der Waals surface area contributed by atoms with Gasteiger partial charge < -0.3 is 0 Å². The average Bonchev–Trinajstić information content (AvgIpc) is 2.83. The standard InChI is InChI=1S/C17H15N3O2/c1-12-17(14-7-6-10-16(11-14)20(21)22)13(2)19(18-12)15-8-4-3-5-9-15/h3-11H,1-2H3. The van der Waals surface area contributed by atoms with E-state index >= 15 is 0 Å². The highest BCUT2D eigenvalue weighted by atomic mass is 16.6. The first-order valence-electron chi connectivity index (χ1n) is 6.94. The van der Waals surface area contributed by atoms with Gasteiger partial charge in [0.2, 0.25) is 0 Å². The Bertz CT molecular complexity index is 838. The van der Waals surface area contributed by atoms with E-state index in [1.165, 1.54) is 6.07 Å². The Morgan fingerprint density at radius 3 is 2.45 bits per heavy atom. The summed E-state index contributed by atoms with van der Waals surface area (Å²) in [4.78, 5) is 10.6. The van der Waals surface area contributed by atoms with Gasteiger partial charge in [0.1, 0.15) is 0 Å². The second-order valence-electron chi connectivity index (χ2n) is 5.10. The summed E-state index contributed by atoms with van der Waals surface area (Å²) in [6.07, 6.45) is 0. The van der Waals surface area contributed by atoms with Gasteiger partial charge in [0, 0.05) is 23.4 Å². The summed E-state index contributed by atoms with van der Waals surface area (Å²) in [5, 5.41) is 15.5. The molecule has 110 valence electrons. The molecular formula is C17H15N3O2. The van der Waals surface area contributed by atoms with Gasteiger partial charge >= 0.3 is 0 Å². The molecule has 0 aliphatic rings. The zero-order valence-corrected chi connectivity index (χ0v) is 12.4. The van der Waals surface area contributed by atoms with Crippen molar-refractivity contribution in [1.29, 1.82) is 0 Å². The number of hydrogen-bond donors (Lipinski definition) is 0. The predicted octanol–water partition coefficient (Wildman–Crippen LogP) is 4.06. The number of benzene rings is 2. The van der Waals surface area contributed by atoms with Crippen LogP contribution in [0.5, 0.6) is 0 Å². The summed E-state index contributed by atoms with van der Waals surface area (Å²) < 4.78 is 1.86. The molecule has 0 radical (unpaired) electrons. The molecule has 5 heteroatoms. The summed E-state index contributed by atoms with van der Waals surface area (Å²) in [6.45, 7) is 3.89. The largest absolute Gasteiger partial charge is 0.270 e. The molecular weight excluding hydrogens is 278 g/mol. The van der Waals surface area contributed by atoms with Crippen LogP contribution < -0.4 is 0 Å². The summed E-state index contributed by atoms with van der Waals surface area (Å²) in [7, 11) is 0. The van der Waals surface area contributed by atoms with E-state index in [1.54, 1.807) is 12.1 Å². The van der Waals surface area contributed by atoms with E-state index in [0.29, 0.717) is 0 Å². The fourth-order valence-corrected chi connectivity index (χ4v) is 2.66. The van der Waals surface area contributed by atoms with Crippen molar-refractivity contribution in [2.24, 2.45) is 0 Å². The lowest BCUT2D eigenvalue weighted by molar-refractivity contribution is -0.384. The molecule has 0 atom stereocenters. The van der Waals surface area contributed by atoms with Crippen LogP contribution in [-0.2, 0) is 0 Å². The van der Waals surface area contributed by atoms with Gasteiger partial charge in [-0.1, -0.05) is 30.3 Å². The van der Waals surface area contributed by atoms with Crippen LogP contribution in [0.25, 0.3) is 16.8 Å². The van der Waals surface area contributed by atoms with Crippen molar-refractivity contribution in [2.45, 2.75) is 13.8 Å². The number of aromatic nitrogens is 2. The molecule has 22 heavy (non-hydrogen) atoms. The van der Waals surface area contributed by atoms with E-state index in [4.69, 9.17) is 0 Å². The normalized spacial score (nSPS) is 10.6. The van der Waals surface area contributed by atoms with Gasteiger partial charge in [-0.2, -0.15) is 5.10 Å². The molecule has 3 aromatic rings. The van der Waals surface area contributed by atoms with Crippen LogP contribution in [0, 0.1) is 24.0 Å². The van der Waals surface area contributed by atoms with E-state index in [2.05, 4.69) is 5.10 Å². The third-order valence-corrected chi connectivity index (χ3v) is 3.64. The van der Waals surface area contributed by atoms with E-state index in [9.17, 15) is 10.1 Å². The lowest BCUT2D eigenvalue weighted by Gasteiger charge is -2.05. The zero-order valence-electron chi connectivity index (χ0n) is 12.4. The van der Waals surface area contributed by atoms with Crippen LogP contribution in [0.15, 0.2) is 54.6 Å². The van der Waals surface area contributed by atoms with Gasteiger partial charge in [0.25, 0.3) is 5.69 Å². The fraction of sp³-hybridized carbons (Fsp3) is 0.118. The Morgan fingerprint density at radius 2 is 1.77 bits per heavy atom. The number of aryl methyl sites for hydroxylation is 1. The minimum Gasteiger partial charge on any atom is -0.258 e. The fourth-order valence-electron chi connectivity index (χ4n) is 2.66. The topological polar surface area (TPSA) is 61.0 Å². The van der Waals surface area contributed by atoms with Crippen molar-refractivity contribution in [3.8, 4) is 16.8 Å².